The van der Waals surface area contributed by atoms with Crippen molar-refractivity contribution < 1.29 is 4.74 Å². The molecule has 0 bridgehead atoms. The molecule has 0 radical (unpaired) electrons. The van der Waals surface area contributed by atoms with E-state index in [0.717, 1.165) is 72.7 Å². The lowest BCUT2D eigenvalue weighted by Gasteiger charge is -2.34. The van der Waals surface area contributed by atoms with Gasteiger partial charge >= 0.3 is 0 Å². The summed E-state index contributed by atoms with van der Waals surface area (Å²) in [6.07, 6.45) is 1.93. The first-order chi connectivity index (χ1) is 36.7. The third kappa shape index (κ3) is 6.75. The van der Waals surface area contributed by atoms with E-state index >= 15 is 0 Å². The minimum absolute atomic E-state index is 0.605. The number of rotatable bonds is 9. The van der Waals surface area contributed by atoms with E-state index in [1.54, 1.807) is 0 Å². The highest BCUT2D eigenvalue weighted by Gasteiger charge is 2.46. The minimum atomic E-state index is -0.702. The monoisotopic (exact) mass is 947 g/mol. The van der Waals surface area contributed by atoms with Crippen LogP contribution in [0.2, 0.25) is 0 Å². The van der Waals surface area contributed by atoms with Crippen LogP contribution in [0.4, 0.5) is 28.4 Å². The third-order valence-electron chi connectivity index (χ3n) is 15.0. The lowest BCUT2D eigenvalue weighted by Crippen LogP contribution is -2.28. The Kier molecular flexibility index (Phi) is 10.1. The van der Waals surface area contributed by atoms with Gasteiger partial charge in [-0.3, -0.25) is 4.57 Å². The van der Waals surface area contributed by atoms with Crippen LogP contribution in [0, 0.1) is 6.57 Å². The Morgan fingerprint density at radius 2 is 1.07 bits per heavy atom. The molecule has 3 heterocycles. The topological polar surface area (TPSA) is 37.9 Å². The molecule has 0 fully saturated rings. The zero-order chi connectivity index (χ0) is 49.2. The standard InChI is InChI=1S/C68H45N5O/c1-69-50-35-37-57-56-27-11-13-31-60(56)68(61(57)42-50,48-23-9-4-10-24-48)49-39-40-70-66(41-49)73-62-32-14-12-28-58(62)59-38-36-53(44-65(59)73)74-52-26-17-25-51(43-52)71-45-72(64-34-16-15-33-63(64)71)67-54(46-19-5-2-6-20-46)29-18-30-55(67)47-21-7-3-8-22-47/h2-44H,45H2. The van der Waals surface area contributed by atoms with E-state index < -0.39 is 5.41 Å². The average Bonchev–Trinajstić information content (AvgIpc) is 4.13. The van der Waals surface area contributed by atoms with Crippen LogP contribution in [0.25, 0.3) is 65.8 Å². The van der Waals surface area contributed by atoms with Crippen LogP contribution >= 0.6 is 0 Å². The molecule has 0 amide bonds. The molecule has 6 nitrogen and oxygen atoms in total. The molecule has 1 unspecified atom stereocenters. The molecule has 1 atom stereocenters. The summed E-state index contributed by atoms with van der Waals surface area (Å²) in [7, 11) is 0. The van der Waals surface area contributed by atoms with E-state index in [1.807, 2.05) is 18.3 Å². The number of nitrogens with zero attached hydrogens (tertiary/aromatic N) is 5. The molecule has 2 aliphatic rings. The van der Waals surface area contributed by atoms with E-state index in [9.17, 15) is 0 Å². The molecule has 14 rings (SSSR count). The predicted octanol–water partition coefficient (Wildman–Crippen LogP) is 17.5. The van der Waals surface area contributed by atoms with Gasteiger partial charge in [-0.25, -0.2) is 9.83 Å². The van der Waals surface area contributed by atoms with Gasteiger partial charge in [-0.1, -0.05) is 188 Å². The molecule has 0 spiro atoms. The summed E-state index contributed by atoms with van der Waals surface area (Å²) in [4.78, 5) is 13.9. The maximum absolute atomic E-state index is 8.05. The third-order valence-corrected chi connectivity index (χ3v) is 15.0. The molecule has 6 heteroatoms. The molecule has 74 heavy (non-hydrogen) atoms. The van der Waals surface area contributed by atoms with Crippen LogP contribution in [0.3, 0.4) is 0 Å². The lowest BCUT2D eigenvalue weighted by atomic mass is 9.68. The van der Waals surface area contributed by atoms with Crippen molar-refractivity contribution in [2.45, 2.75) is 5.41 Å². The summed E-state index contributed by atoms with van der Waals surface area (Å²) < 4.78 is 9.17. The van der Waals surface area contributed by atoms with Gasteiger partial charge in [0.05, 0.1) is 40.1 Å². The summed E-state index contributed by atoms with van der Waals surface area (Å²) in [5.41, 5.74) is 17.9. The maximum atomic E-state index is 8.05. The highest BCUT2D eigenvalue weighted by Crippen LogP contribution is 2.57. The maximum Gasteiger partial charge on any atom is 0.187 e. The Labute approximate surface area is 429 Å². The van der Waals surface area contributed by atoms with Gasteiger partial charge in [-0.2, -0.15) is 0 Å². The molecule has 12 aromatic rings. The van der Waals surface area contributed by atoms with E-state index in [-0.39, 0.29) is 0 Å². The number of ether oxygens (including phenoxy) is 1. The molecule has 1 aliphatic heterocycles. The summed E-state index contributed by atoms with van der Waals surface area (Å²) in [6.45, 7) is 8.65. The van der Waals surface area contributed by atoms with Crippen LogP contribution in [0.15, 0.2) is 261 Å². The van der Waals surface area contributed by atoms with Crippen molar-refractivity contribution >= 4 is 50.2 Å². The zero-order valence-electron chi connectivity index (χ0n) is 40.2. The summed E-state index contributed by atoms with van der Waals surface area (Å²) in [5, 5.41) is 2.23. The van der Waals surface area contributed by atoms with E-state index in [4.69, 9.17) is 16.3 Å². The number of para-hydroxylation sites is 4. The first kappa shape index (κ1) is 42.9. The smallest absolute Gasteiger partial charge is 0.187 e. The number of hydrogen-bond acceptors (Lipinski definition) is 4. The van der Waals surface area contributed by atoms with Crippen LogP contribution in [-0.4, -0.2) is 16.2 Å². The fourth-order valence-electron chi connectivity index (χ4n) is 11.9. The van der Waals surface area contributed by atoms with Crippen LogP contribution < -0.4 is 14.5 Å². The van der Waals surface area contributed by atoms with Crippen molar-refractivity contribution in [2.24, 2.45) is 0 Å². The Morgan fingerprint density at radius 3 is 1.84 bits per heavy atom. The van der Waals surface area contributed by atoms with Crippen LogP contribution in [0.1, 0.15) is 22.3 Å². The summed E-state index contributed by atoms with van der Waals surface area (Å²) in [6, 6.07) is 89.9. The average molecular weight is 948 g/mol. The van der Waals surface area contributed by atoms with Gasteiger partial charge in [-0.05, 0) is 99.1 Å². The molecule has 0 saturated heterocycles. The molecular weight excluding hydrogens is 903 g/mol. The van der Waals surface area contributed by atoms with Gasteiger partial charge in [0, 0.05) is 45.9 Å². The van der Waals surface area contributed by atoms with Crippen LogP contribution in [0.5, 0.6) is 11.5 Å². The van der Waals surface area contributed by atoms with Gasteiger partial charge < -0.3 is 14.5 Å². The summed E-state index contributed by atoms with van der Waals surface area (Å²) in [5.74, 6) is 2.24. The van der Waals surface area contributed by atoms with Crippen molar-refractivity contribution in [1.29, 1.82) is 0 Å². The van der Waals surface area contributed by atoms with Gasteiger partial charge in [-0.15, -0.1) is 0 Å². The second kappa shape index (κ2) is 17.4. The lowest BCUT2D eigenvalue weighted by molar-refractivity contribution is 0.483. The van der Waals surface area contributed by atoms with Crippen molar-refractivity contribution in [1.82, 2.24) is 9.55 Å². The molecule has 0 N–H and O–H groups in total. The fourth-order valence-corrected chi connectivity index (χ4v) is 11.9. The molecular formula is C68H45N5O. The van der Waals surface area contributed by atoms with Gasteiger partial charge in [0.15, 0.2) is 5.69 Å². The van der Waals surface area contributed by atoms with Crippen molar-refractivity contribution in [3.05, 3.63) is 295 Å². The highest BCUT2D eigenvalue weighted by molar-refractivity contribution is 6.09. The summed E-state index contributed by atoms with van der Waals surface area (Å²) >= 11 is 0. The quantitative estimate of drug-likeness (QED) is 0.135. The van der Waals surface area contributed by atoms with Crippen molar-refractivity contribution in [2.75, 3.05) is 16.5 Å². The second-order valence-electron chi connectivity index (χ2n) is 19.0. The number of pyridine rings is 1. The van der Waals surface area contributed by atoms with E-state index in [0.29, 0.717) is 18.1 Å². The van der Waals surface area contributed by atoms with E-state index in [2.05, 4.69) is 262 Å². The SMILES string of the molecule is [C-]#[N+]c1ccc2c(c1)C(c1ccccc1)(c1ccnc(-n3c4ccccc4c4ccc(Oc5cccc(N6CN(c7c(-c8ccccc8)cccc7-c7ccccc7)c7ccccc76)c5)cc43)c1)c1ccccc1-2. The molecule has 348 valence electrons. The number of fused-ring (bicyclic) bond motifs is 7. The normalized spacial score (nSPS) is 14.4. The van der Waals surface area contributed by atoms with Gasteiger partial charge in [0.2, 0.25) is 0 Å². The first-order valence-corrected chi connectivity index (χ1v) is 25.0. The minimum Gasteiger partial charge on any atom is -0.457 e. The molecule has 1 aliphatic carbocycles. The Morgan fingerprint density at radius 1 is 0.446 bits per heavy atom. The largest absolute Gasteiger partial charge is 0.457 e. The molecule has 2 aromatic heterocycles. The first-order valence-electron chi connectivity index (χ1n) is 25.0. The number of hydrogen-bond donors (Lipinski definition) is 0. The van der Waals surface area contributed by atoms with Gasteiger partial charge in [0.1, 0.15) is 24.0 Å². The number of anilines is 4. The molecule has 0 saturated carbocycles. The Balaban J connectivity index is 0.859. The Hall–Kier alpha value is -9.96. The van der Waals surface area contributed by atoms with Crippen LogP contribution in [-0.2, 0) is 5.41 Å². The number of aromatic nitrogens is 2. The van der Waals surface area contributed by atoms with E-state index in [1.165, 1.54) is 39.1 Å². The zero-order valence-corrected chi connectivity index (χ0v) is 40.2. The number of benzene rings is 10. The second-order valence-corrected chi connectivity index (χ2v) is 19.0. The predicted molar refractivity (Wildman–Crippen MR) is 302 cm³/mol. The van der Waals surface area contributed by atoms with Gasteiger partial charge in [0.25, 0.3) is 0 Å². The fraction of sp³-hybridized carbons (Fsp3) is 0.0294. The highest BCUT2D eigenvalue weighted by atomic mass is 16.5. The Bertz CT molecular complexity index is 4120. The molecule has 10 aromatic carbocycles. The van der Waals surface area contributed by atoms with Crippen molar-refractivity contribution in [3.8, 4) is 50.7 Å². The van der Waals surface area contributed by atoms with Crippen molar-refractivity contribution in [3.63, 3.8) is 0 Å².